The standard InChI is InChI=1S/C18H15NO2/c1-14-5-2-3-7-18(14)21-17-10-8-15(9-11-17)19-12-4-6-16(19)13-20/h2-13H,1H3. The molecule has 0 aliphatic rings. The molecule has 1 heterocycles. The molecule has 21 heavy (non-hydrogen) atoms. The molecule has 0 aliphatic carbocycles. The van der Waals surface area contributed by atoms with Gasteiger partial charge in [0.15, 0.2) is 6.29 Å². The van der Waals surface area contributed by atoms with Gasteiger partial charge in [-0.3, -0.25) is 4.79 Å². The van der Waals surface area contributed by atoms with Crippen molar-refractivity contribution >= 4 is 6.29 Å². The summed E-state index contributed by atoms with van der Waals surface area (Å²) in [5.74, 6) is 1.62. The van der Waals surface area contributed by atoms with Crippen LogP contribution in [0.1, 0.15) is 16.1 Å². The van der Waals surface area contributed by atoms with Gasteiger partial charge in [-0.05, 0) is 55.0 Å². The van der Waals surface area contributed by atoms with Crippen LogP contribution in [-0.2, 0) is 0 Å². The Bertz CT molecular complexity index is 757. The van der Waals surface area contributed by atoms with E-state index in [2.05, 4.69) is 0 Å². The van der Waals surface area contributed by atoms with E-state index in [4.69, 9.17) is 4.74 Å². The molecular formula is C18H15NO2. The lowest BCUT2D eigenvalue weighted by molar-refractivity contribution is 0.111. The van der Waals surface area contributed by atoms with Crippen molar-refractivity contribution in [3.63, 3.8) is 0 Å². The predicted molar refractivity (Wildman–Crippen MR) is 82.4 cm³/mol. The molecule has 3 heteroatoms. The minimum absolute atomic E-state index is 0.627. The van der Waals surface area contributed by atoms with E-state index in [0.29, 0.717) is 5.69 Å². The largest absolute Gasteiger partial charge is 0.457 e. The first-order valence-corrected chi connectivity index (χ1v) is 6.74. The van der Waals surface area contributed by atoms with E-state index >= 15 is 0 Å². The number of nitrogens with zero attached hydrogens (tertiary/aromatic N) is 1. The molecule has 0 saturated heterocycles. The van der Waals surface area contributed by atoms with Gasteiger partial charge in [0.05, 0.1) is 5.69 Å². The van der Waals surface area contributed by atoms with Crippen LogP contribution in [0.25, 0.3) is 5.69 Å². The first-order valence-electron chi connectivity index (χ1n) is 6.74. The van der Waals surface area contributed by atoms with Crippen LogP contribution in [0.2, 0.25) is 0 Å². The SMILES string of the molecule is Cc1ccccc1Oc1ccc(-n2cccc2C=O)cc1. The van der Waals surface area contributed by atoms with Crippen molar-refractivity contribution in [1.29, 1.82) is 0 Å². The third kappa shape index (κ3) is 2.72. The van der Waals surface area contributed by atoms with Crippen LogP contribution in [0.5, 0.6) is 11.5 Å². The Morgan fingerprint density at radius 1 is 0.952 bits per heavy atom. The summed E-state index contributed by atoms with van der Waals surface area (Å²) in [5.41, 5.74) is 2.65. The van der Waals surface area contributed by atoms with Crippen LogP contribution >= 0.6 is 0 Å². The Labute approximate surface area is 123 Å². The minimum atomic E-state index is 0.627. The summed E-state index contributed by atoms with van der Waals surface area (Å²) in [6.07, 6.45) is 2.71. The van der Waals surface area contributed by atoms with E-state index in [-0.39, 0.29) is 0 Å². The lowest BCUT2D eigenvalue weighted by Crippen LogP contribution is -1.97. The predicted octanol–water partition coefficient (Wildman–Crippen LogP) is 4.39. The summed E-state index contributed by atoms with van der Waals surface area (Å²) < 4.78 is 7.70. The van der Waals surface area contributed by atoms with Gasteiger partial charge >= 0.3 is 0 Å². The number of carbonyl (C=O) groups is 1. The second kappa shape index (κ2) is 5.67. The van der Waals surface area contributed by atoms with E-state index in [1.807, 2.05) is 72.3 Å². The average molecular weight is 277 g/mol. The maximum atomic E-state index is 11.0. The highest BCUT2D eigenvalue weighted by molar-refractivity contribution is 5.73. The fourth-order valence-electron chi connectivity index (χ4n) is 2.20. The molecule has 0 radical (unpaired) electrons. The Kier molecular flexibility index (Phi) is 3.56. The number of ether oxygens (including phenoxy) is 1. The Morgan fingerprint density at radius 2 is 1.71 bits per heavy atom. The van der Waals surface area contributed by atoms with Crippen molar-refractivity contribution in [2.75, 3.05) is 0 Å². The van der Waals surface area contributed by atoms with Gasteiger partial charge in [-0.15, -0.1) is 0 Å². The fraction of sp³-hybridized carbons (Fsp3) is 0.0556. The van der Waals surface area contributed by atoms with E-state index in [0.717, 1.165) is 29.0 Å². The van der Waals surface area contributed by atoms with Crippen molar-refractivity contribution in [3.8, 4) is 17.2 Å². The number of aromatic nitrogens is 1. The zero-order valence-electron chi connectivity index (χ0n) is 11.7. The van der Waals surface area contributed by atoms with Crippen LogP contribution in [0.15, 0.2) is 66.9 Å². The van der Waals surface area contributed by atoms with Crippen LogP contribution in [0, 0.1) is 6.92 Å². The Balaban J connectivity index is 1.85. The Morgan fingerprint density at radius 3 is 2.43 bits per heavy atom. The smallest absolute Gasteiger partial charge is 0.166 e. The number of aldehydes is 1. The molecule has 0 atom stereocenters. The molecule has 0 aliphatic heterocycles. The van der Waals surface area contributed by atoms with Gasteiger partial charge in [0.1, 0.15) is 11.5 Å². The molecule has 3 rings (SSSR count). The summed E-state index contributed by atoms with van der Waals surface area (Å²) in [6, 6.07) is 19.2. The monoisotopic (exact) mass is 277 g/mol. The van der Waals surface area contributed by atoms with Gasteiger partial charge in [-0.1, -0.05) is 18.2 Å². The third-order valence-corrected chi connectivity index (χ3v) is 3.34. The number of para-hydroxylation sites is 1. The second-order valence-electron chi connectivity index (χ2n) is 4.78. The molecule has 3 nitrogen and oxygen atoms in total. The van der Waals surface area contributed by atoms with Gasteiger partial charge in [0.25, 0.3) is 0 Å². The normalized spacial score (nSPS) is 10.3. The summed E-state index contributed by atoms with van der Waals surface area (Å²) in [7, 11) is 0. The summed E-state index contributed by atoms with van der Waals surface area (Å²) in [6.45, 7) is 2.01. The highest BCUT2D eigenvalue weighted by atomic mass is 16.5. The number of carbonyl (C=O) groups excluding carboxylic acids is 1. The molecule has 0 N–H and O–H groups in total. The second-order valence-corrected chi connectivity index (χ2v) is 4.78. The molecule has 0 saturated carbocycles. The minimum Gasteiger partial charge on any atom is -0.457 e. The molecule has 0 fully saturated rings. The lowest BCUT2D eigenvalue weighted by atomic mass is 10.2. The van der Waals surface area contributed by atoms with Crippen molar-refractivity contribution in [2.45, 2.75) is 6.92 Å². The first-order chi connectivity index (χ1) is 10.3. The summed E-state index contributed by atoms with van der Waals surface area (Å²) in [5, 5.41) is 0. The topological polar surface area (TPSA) is 31.2 Å². The average Bonchev–Trinajstić information content (AvgIpc) is 2.99. The van der Waals surface area contributed by atoms with Crippen LogP contribution in [-0.4, -0.2) is 10.9 Å². The van der Waals surface area contributed by atoms with Crippen LogP contribution in [0.4, 0.5) is 0 Å². The fourth-order valence-corrected chi connectivity index (χ4v) is 2.20. The molecule has 0 unspecified atom stereocenters. The van der Waals surface area contributed by atoms with Gasteiger partial charge < -0.3 is 9.30 Å². The first kappa shape index (κ1) is 13.2. The number of hydrogen-bond donors (Lipinski definition) is 0. The molecule has 2 aromatic carbocycles. The molecule has 0 bridgehead atoms. The van der Waals surface area contributed by atoms with E-state index < -0.39 is 0 Å². The van der Waals surface area contributed by atoms with Crippen LogP contribution in [0.3, 0.4) is 0 Å². The van der Waals surface area contributed by atoms with Gasteiger partial charge in [-0.25, -0.2) is 0 Å². The number of hydrogen-bond acceptors (Lipinski definition) is 2. The molecule has 3 aromatic rings. The van der Waals surface area contributed by atoms with Crippen molar-refractivity contribution in [2.24, 2.45) is 0 Å². The number of aryl methyl sites for hydroxylation is 1. The highest BCUT2D eigenvalue weighted by Crippen LogP contribution is 2.25. The molecular weight excluding hydrogens is 262 g/mol. The van der Waals surface area contributed by atoms with E-state index in [1.165, 1.54) is 0 Å². The van der Waals surface area contributed by atoms with Crippen molar-refractivity contribution in [1.82, 2.24) is 4.57 Å². The maximum Gasteiger partial charge on any atom is 0.166 e. The van der Waals surface area contributed by atoms with E-state index in [1.54, 1.807) is 6.07 Å². The number of benzene rings is 2. The summed E-state index contributed by atoms with van der Waals surface area (Å²) >= 11 is 0. The summed E-state index contributed by atoms with van der Waals surface area (Å²) in [4.78, 5) is 11.0. The molecule has 0 spiro atoms. The zero-order chi connectivity index (χ0) is 14.7. The Hall–Kier alpha value is -2.81. The van der Waals surface area contributed by atoms with Crippen molar-refractivity contribution in [3.05, 3.63) is 78.1 Å². The van der Waals surface area contributed by atoms with Gasteiger partial charge in [-0.2, -0.15) is 0 Å². The quantitative estimate of drug-likeness (QED) is 0.662. The highest BCUT2D eigenvalue weighted by Gasteiger charge is 2.04. The molecule has 1 aromatic heterocycles. The van der Waals surface area contributed by atoms with Gasteiger partial charge in [0, 0.05) is 11.9 Å². The molecule has 104 valence electrons. The molecule has 0 amide bonds. The number of rotatable bonds is 4. The van der Waals surface area contributed by atoms with E-state index in [9.17, 15) is 4.79 Å². The van der Waals surface area contributed by atoms with Crippen LogP contribution < -0.4 is 4.74 Å². The maximum absolute atomic E-state index is 11.0. The van der Waals surface area contributed by atoms with Crippen molar-refractivity contribution < 1.29 is 9.53 Å². The van der Waals surface area contributed by atoms with Gasteiger partial charge in [0.2, 0.25) is 0 Å². The zero-order valence-corrected chi connectivity index (χ0v) is 11.7. The lowest BCUT2D eigenvalue weighted by Gasteiger charge is -2.10. The third-order valence-electron chi connectivity index (χ3n) is 3.34.